The summed E-state index contributed by atoms with van der Waals surface area (Å²) < 4.78 is 20.3. The first-order valence-corrected chi connectivity index (χ1v) is 6.45. The highest BCUT2D eigenvalue weighted by Gasteiger charge is 2.49. The standard InChI is InChI=1S/C13H13FN4O3/c1-21-8-3-4-9(10(14)7-8)11-15-16-17-18(11)13(12(19)20)5-2-6-13/h3-4,7H,2,5-6H2,1H3,(H,19,20). The van der Waals surface area contributed by atoms with Gasteiger partial charge in [0.25, 0.3) is 0 Å². The number of halogens is 1. The lowest BCUT2D eigenvalue weighted by Crippen LogP contribution is -2.48. The molecule has 0 saturated heterocycles. The van der Waals surface area contributed by atoms with Crippen molar-refractivity contribution in [2.24, 2.45) is 0 Å². The van der Waals surface area contributed by atoms with Crippen molar-refractivity contribution >= 4 is 5.97 Å². The fraction of sp³-hybridized carbons (Fsp3) is 0.385. The Bertz CT molecular complexity index is 696. The maximum atomic E-state index is 14.2. The van der Waals surface area contributed by atoms with Crippen LogP contribution in [0.1, 0.15) is 19.3 Å². The largest absolute Gasteiger partial charge is 0.497 e. The third-order valence-electron chi connectivity index (χ3n) is 3.87. The Balaban J connectivity index is 2.09. The number of hydrogen-bond donors (Lipinski definition) is 1. The summed E-state index contributed by atoms with van der Waals surface area (Å²) in [5.74, 6) is -1.09. The van der Waals surface area contributed by atoms with E-state index >= 15 is 0 Å². The van der Waals surface area contributed by atoms with Gasteiger partial charge >= 0.3 is 5.97 Å². The van der Waals surface area contributed by atoms with Gasteiger partial charge in [-0.05, 0) is 41.8 Å². The monoisotopic (exact) mass is 292 g/mol. The molecule has 0 radical (unpaired) electrons. The lowest BCUT2D eigenvalue weighted by molar-refractivity contribution is -0.153. The highest BCUT2D eigenvalue weighted by Crippen LogP contribution is 2.41. The van der Waals surface area contributed by atoms with Crippen LogP contribution < -0.4 is 4.74 Å². The molecule has 21 heavy (non-hydrogen) atoms. The maximum absolute atomic E-state index is 14.2. The normalized spacial score (nSPS) is 16.3. The molecule has 0 atom stereocenters. The first kappa shape index (κ1) is 13.5. The molecule has 0 aliphatic heterocycles. The van der Waals surface area contributed by atoms with Crippen LogP contribution in [0, 0.1) is 5.82 Å². The van der Waals surface area contributed by atoms with Crippen LogP contribution in [0.15, 0.2) is 18.2 Å². The number of benzene rings is 1. The number of aromatic nitrogens is 4. The highest BCUT2D eigenvalue weighted by molar-refractivity contribution is 5.78. The minimum atomic E-state index is -1.18. The number of hydrogen-bond acceptors (Lipinski definition) is 5. The number of methoxy groups -OCH3 is 1. The van der Waals surface area contributed by atoms with Gasteiger partial charge < -0.3 is 9.84 Å². The van der Waals surface area contributed by atoms with E-state index in [1.165, 1.54) is 23.9 Å². The molecule has 0 unspecified atom stereocenters. The van der Waals surface area contributed by atoms with Crippen LogP contribution in [0.25, 0.3) is 11.4 Å². The average molecular weight is 292 g/mol. The van der Waals surface area contributed by atoms with Crippen molar-refractivity contribution in [2.75, 3.05) is 7.11 Å². The van der Waals surface area contributed by atoms with Gasteiger partial charge in [-0.25, -0.2) is 13.9 Å². The van der Waals surface area contributed by atoms with Crippen molar-refractivity contribution < 1.29 is 19.0 Å². The van der Waals surface area contributed by atoms with E-state index in [1.807, 2.05) is 0 Å². The summed E-state index contributed by atoms with van der Waals surface area (Å²) >= 11 is 0. The molecule has 0 amide bonds. The van der Waals surface area contributed by atoms with Crippen LogP contribution in [-0.4, -0.2) is 38.4 Å². The third kappa shape index (κ3) is 1.94. The van der Waals surface area contributed by atoms with Crippen LogP contribution in [0.3, 0.4) is 0 Å². The second-order valence-corrected chi connectivity index (χ2v) is 4.95. The van der Waals surface area contributed by atoms with E-state index in [-0.39, 0.29) is 11.4 Å². The van der Waals surface area contributed by atoms with Crippen molar-refractivity contribution in [3.8, 4) is 17.1 Å². The van der Waals surface area contributed by atoms with Crippen LogP contribution in [-0.2, 0) is 10.3 Å². The molecule has 1 N–H and O–H groups in total. The fourth-order valence-corrected chi connectivity index (χ4v) is 2.48. The number of rotatable bonds is 4. The van der Waals surface area contributed by atoms with Gasteiger partial charge in [-0.15, -0.1) is 5.10 Å². The molecular formula is C13H13FN4O3. The van der Waals surface area contributed by atoms with Crippen molar-refractivity contribution in [2.45, 2.75) is 24.8 Å². The van der Waals surface area contributed by atoms with Gasteiger partial charge in [0.05, 0.1) is 12.7 Å². The average Bonchev–Trinajstić information content (AvgIpc) is 2.86. The number of tetrazole rings is 1. The van der Waals surface area contributed by atoms with E-state index in [0.717, 1.165) is 6.42 Å². The summed E-state index contributed by atoms with van der Waals surface area (Å²) in [6.45, 7) is 0. The predicted molar refractivity (Wildman–Crippen MR) is 69.2 cm³/mol. The predicted octanol–water partition coefficient (Wildman–Crippen LogP) is 1.45. The lowest BCUT2D eigenvalue weighted by atomic mass is 9.76. The number of nitrogens with zero attached hydrogens (tertiary/aromatic N) is 4. The lowest BCUT2D eigenvalue weighted by Gasteiger charge is -2.37. The molecule has 1 heterocycles. The minimum Gasteiger partial charge on any atom is -0.497 e. The van der Waals surface area contributed by atoms with Crippen LogP contribution in [0.4, 0.5) is 4.39 Å². The molecule has 1 aromatic heterocycles. The van der Waals surface area contributed by atoms with Crippen molar-refractivity contribution in [3.05, 3.63) is 24.0 Å². The molecule has 1 aliphatic carbocycles. The maximum Gasteiger partial charge on any atom is 0.331 e. The number of carboxylic acids is 1. The summed E-state index contributed by atoms with van der Waals surface area (Å²) in [4.78, 5) is 11.5. The van der Waals surface area contributed by atoms with Crippen molar-refractivity contribution in [3.63, 3.8) is 0 Å². The molecule has 110 valence electrons. The van der Waals surface area contributed by atoms with Crippen LogP contribution in [0.5, 0.6) is 5.75 Å². The topological polar surface area (TPSA) is 90.1 Å². The van der Waals surface area contributed by atoms with E-state index in [0.29, 0.717) is 18.6 Å². The second-order valence-electron chi connectivity index (χ2n) is 4.95. The number of aliphatic carboxylic acids is 1. The molecule has 3 rings (SSSR count). The fourth-order valence-electron chi connectivity index (χ4n) is 2.48. The first-order valence-electron chi connectivity index (χ1n) is 6.45. The second kappa shape index (κ2) is 4.80. The Hall–Kier alpha value is -2.51. The molecule has 1 fully saturated rings. The van der Waals surface area contributed by atoms with Crippen LogP contribution in [0.2, 0.25) is 0 Å². The molecule has 2 aromatic rings. The Morgan fingerprint density at radius 3 is 2.76 bits per heavy atom. The Morgan fingerprint density at radius 1 is 1.48 bits per heavy atom. The van der Waals surface area contributed by atoms with E-state index in [2.05, 4.69) is 15.5 Å². The van der Waals surface area contributed by atoms with Gasteiger partial charge in [-0.2, -0.15) is 0 Å². The van der Waals surface area contributed by atoms with Crippen LogP contribution >= 0.6 is 0 Å². The zero-order valence-electron chi connectivity index (χ0n) is 11.3. The number of carboxylic acid groups (broad SMARTS) is 1. The first-order chi connectivity index (χ1) is 10.1. The van der Waals surface area contributed by atoms with Gasteiger partial charge in [0.15, 0.2) is 11.4 Å². The molecular weight excluding hydrogens is 279 g/mol. The Kier molecular flexibility index (Phi) is 3.08. The molecule has 7 nitrogen and oxygen atoms in total. The van der Waals surface area contributed by atoms with E-state index in [4.69, 9.17) is 4.74 Å². The van der Waals surface area contributed by atoms with Gasteiger partial charge in [-0.3, -0.25) is 0 Å². The highest BCUT2D eigenvalue weighted by atomic mass is 19.1. The SMILES string of the molecule is COc1ccc(-c2nnnn2C2(C(=O)O)CCC2)c(F)c1. The summed E-state index contributed by atoms with van der Waals surface area (Å²) in [5, 5.41) is 20.5. The molecule has 8 heteroatoms. The summed E-state index contributed by atoms with van der Waals surface area (Å²) in [6.07, 6.45) is 1.63. The van der Waals surface area contributed by atoms with Gasteiger partial charge in [0, 0.05) is 6.07 Å². The number of ether oxygens (including phenoxy) is 1. The summed E-state index contributed by atoms with van der Waals surface area (Å²) in [5.41, 5.74) is -1.03. The van der Waals surface area contributed by atoms with Gasteiger partial charge in [0.1, 0.15) is 11.6 Å². The zero-order chi connectivity index (χ0) is 15.0. The smallest absolute Gasteiger partial charge is 0.331 e. The molecule has 1 aromatic carbocycles. The van der Waals surface area contributed by atoms with E-state index in [9.17, 15) is 14.3 Å². The molecule has 0 bridgehead atoms. The van der Waals surface area contributed by atoms with E-state index in [1.54, 1.807) is 6.07 Å². The molecule has 1 aliphatic rings. The quantitative estimate of drug-likeness (QED) is 0.917. The van der Waals surface area contributed by atoms with E-state index < -0.39 is 17.3 Å². The van der Waals surface area contributed by atoms with Gasteiger partial charge in [-0.1, -0.05) is 0 Å². The summed E-state index contributed by atoms with van der Waals surface area (Å²) in [6, 6.07) is 4.26. The minimum absolute atomic E-state index is 0.109. The Labute approximate surface area is 119 Å². The number of carbonyl (C=O) groups is 1. The van der Waals surface area contributed by atoms with Crippen molar-refractivity contribution in [1.82, 2.24) is 20.2 Å². The molecule has 1 saturated carbocycles. The zero-order valence-corrected chi connectivity index (χ0v) is 11.3. The summed E-state index contributed by atoms with van der Waals surface area (Å²) in [7, 11) is 1.44. The van der Waals surface area contributed by atoms with Gasteiger partial charge in [0.2, 0.25) is 0 Å². The Morgan fingerprint density at radius 2 is 2.24 bits per heavy atom. The molecule has 0 spiro atoms. The third-order valence-corrected chi connectivity index (χ3v) is 3.87. The van der Waals surface area contributed by atoms with Crippen molar-refractivity contribution in [1.29, 1.82) is 0 Å².